The van der Waals surface area contributed by atoms with Crippen molar-refractivity contribution in [1.29, 1.82) is 0 Å². The van der Waals surface area contributed by atoms with Gasteiger partial charge in [0, 0.05) is 28.8 Å². The van der Waals surface area contributed by atoms with Gasteiger partial charge in [-0.15, -0.1) is 0 Å². The van der Waals surface area contributed by atoms with Crippen LogP contribution in [0.25, 0.3) is 0 Å². The van der Waals surface area contributed by atoms with Gasteiger partial charge in [-0.2, -0.15) is 0 Å². The third-order valence-electron chi connectivity index (χ3n) is 3.01. The van der Waals surface area contributed by atoms with E-state index in [2.05, 4.69) is 21.2 Å². The lowest BCUT2D eigenvalue weighted by atomic mass is 10.2. The van der Waals surface area contributed by atoms with Gasteiger partial charge < -0.3 is 10.2 Å². The number of nitrogens with zero attached hydrogens (tertiary/aromatic N) is 1. The minimum absolute atomic E-state index is 0.112. The van der Waals surface area contributed by atoms with Gasteiger partial charge in [-0.25, -0.2) is 8.78 Å². The van der Waals surface area contributed by atoms with E-state index in [4.69, 9.17) is 0 Å². The molecule has 0 bridgehead atoms. The van der Waals surface area contributed by atoms with Crippen molar-refractivity contribution >= 4 is 39.1 Å². The van der Waals surface area contributed by atoms with Crippen molar-refractivity contribution in [2.75, 3.05) is 16.8 Å². The summed E-state index contributed by atoms with van der Waals surface area (Å²) >= 11 is 3.28. The van der Waals surface area contributed by atoms with Gasteiger partial charge in [0.05, 0.1) is 0 Å². The Labute approximate surface area is 140 Å². The molecule has 2 amide bonds. The summed E-state index contributed by atoms with van der Waals surface area (Å²) in [5, 5.41) is 2.63. The fourth-order valence-electron chi connectivity index (χ4n) is 1.95. The van der Waals surface area contributed by atoms with Crippen molar-refractivity contribution in [3.63, 3.8) is 0 Å². The lowest BCUT2D eigenvalue weighted by Crippen LogP contribution is -2.36. The van der Waals surface area contributed by atoms with E-state index in [1.807, 2.05) is 0 Å². The minimum atomic E-state index is -1.08. The largest absolute Gasteiger partial charge is 0.324 e. The van der Waals surface area contributed by atoms with Crippen molar-refractivity contribution in [2.24, 2.45) is 0 Å². The molecule has 0 radical (unpaired) electrons. The topological polar surface area (TPSA) is 49.4 Å². The molecule has 0 aliphatic carbocycles. The molecule has 4 nitrogen and oxygen atoms in total. The van der Waals surface area contributed by atoms with E-state index in [0.29, 0.717) is 5.69 Å². The molecule has 0 aromatic heterocycles. The Bertz CT molecular complexity index is 753. The highest BCUT2D eigenvalue weighted by atomic mass is 79.9. The van der Waals surface area contributed by atoms with Gasteiger partial charge >= 0.3 is 0 Å². The van der Waals surface area contributed by atoms with Crippen LogP contribution >= 0.6 is 15.9 Å². The molecule has 23 heavy (non-hydrogen) atoms. The number of rotatable bonds is 4. The predicted molar refractivity (Wildman–Crippen MR) is 87.2 cm³/mol. The zero-order valence-electron chi connectivity index (χ0n) is 12.1. The van der Waals surface area contributed by atoms with Crippen molar-refractivity contribution in [3.8, 4) is 0 Å². The Morgan fingerprint density at radius 2 is 1.87 bits per heavy atom. The van der Waals surface area contributed by atoms with Crippen LogP contribution in [-0.2, 0) is 9.59 Å². The maximum absolute atomic E-state index is 13.3. The number of hydrogen-bond donors (Lipinski definition) is 1. The minimum Gasteiger partial charge on any atom is -0.324 e. The molecule has 2 aromatic rings. The van der Waals surface area contributed by atoms with Crippen molar-refractivity contribution in [3.05, 3.63) is 58.6 Å². The second kappa shape index (κ2) is 7.32. The van der Waals surface area contributed by atoms with Gasteiger partial charge in [0.2, 0.25) is 11.8 Å². The molecule has 7 heteroatoms. The molecule has 0 aliphatic heterocycles. The Morgan fingerprint density at radius 1 is 1.13 bits per heavy atom. The number of anilines is 2. The van der Waals surface area contributed by atoms with E-state index in [1.165, 1.54) is 13.0 Å². The third kappa shape index (κ3) is 4.59. The fourth-order valence-corrected chi connectivity index (χ4v) is 2.35. The van der Waals surface area contributed by atoms with Crippen molar-refractivity contribution in [2.45, 2.75) is 6.92 Å². The number of carbonyl (C=O) groups excluding carboxylic acids is 2. The van der Waals surface area contributed by atoms with Crippen LogP contribution in [0, 0.1) is 11.6 Å². The highest BCUT2D eigenvalue weighted by Gasteiger charge is 2.17. The first-order chi connectivity index (χ1) is 10.9. The average molecular weight is 383 g/mol. The van der Waals surface area contributed by atoms with Crippen LogP contribution in [-0.4, -0.2) is 18.4 Å². The zero-order chi connectivity index (χ0) is 17.0. The SMILES string of the molecule is CC(=O)N(CC(=O)Nc1cccc(Br)c1)c1ccc(F)c(F)c1. The van der Waals surface area contributed by atoms with Gasteiger partial charge in [-0.3, -0.25) is 9.59 Å². The Kier molecular flexibility index (Phi) is 5.44. The first kappa shape index (κ1) is 17.1. The van der Waals surface area contributed by atoms with Crippen LogP contribution in [0.4, 0.5) is 20.2 Å². The summed E-state index contributed by atoms with van der Waals surface area (Å²) in [6.07, 6.45) is 0. The van der Waals surface area contributed by atoms with Crippen LogP contribution in [0.2, 0.25) is 0 Å². The first-order valence-corrected chi connectivity index (χ1v) is 7.44. The molecule has 0 spiro atoms. The van der Waals surface area contributed by atoms with E-state index in [1.54, 1.807) is 24.3 Å². The van der Waals surface area contributed by atoms with Gasteiger partial charge in [0.25, 0.3) is 0 Å². The van der Waals surface area contributed by atoms with Gasteiger partial charge in [-0.1, -0.05) is 22.0 Å². The van der Waals surface area contributed by atoms with Crippen LogP contribution in [0.1, 0.15) is 6.92 Å². The quantitative estimate of drug-likeness (QED) is 0.875. The zero-order valence-corrected chi connectivity index (χ0v) is 13.7. The Hall–Kier alpha value is -2.28. The highest BCUT2D eigenvalue weighted by molar-refractivity contribution is 9.10. The van der Waals surface area contributed by atoms with Crippen molar-refractivity contribution in [1.82, 2.24) is 0 Å². The molecule has 0 saturated heterocycles. The van der Waals surface area contributed by atoms with Gasteiger partial charge in [-0.05, 0) is 30.3 Å². The molecule has 2 aromatic carbocycles. The molecule has 0 unspecified atom stereocenters. The summed E-state index contributed by atoms with van der Waals surface area (Å²) in [5.41, 5.74) is 0.666. The molecule has 0 atom stereocenters. The fraction of sp³-hybridized carbons (Fsp3) is 0.125. The van der Waals surface area contributed by atoms with Crippen LogP contribution in [0.5, 0.6) is 0 Å². The maximum Gasteiger partial charge on any atom is 0.244 e. The van der Waals surface area contributed by atoms with Crippen molar-refractivity contribution < 1.29 is 18.4 Å². The Morgan fingerprint density at radius 3 is 2.48 bits per heavy atom. The molecular formula is C16H13BrF2N2O2. The number of halogens is 3. The van der Waals surface area contributed by atoms with Crippen LogP contribution in [0.15, 0.2) is 46.9 Å². The number of benzene rings is 2. The average Bonchev–Trinajstić information content (AvgIpc) is 2.47. The molecule has 2 rings (SSSR count). The van der Waals surface area contributed by atoms with E-state index in [-0.39, 0.29) is 12.2 Å². The summed E-state index contributed by atoms with van der Waals surface area (Å²) in [5.74, 6) is -3.01. The maximum atomic E-state index is 13.3. The predicted octanol–water partition coefficient (Wildman–Crippen LogP) is 3.72. The lowest BCUT2D eigenvalue weighted by molar-refractivity contribution is -0.120. The molecular weight excluding hydrogens is 370 g/mol. The smallest absolute Gasteiger partial charge is 0.244 e. The van der Waals surface area contributed by atoms with E-state index >= 15 is 0 Å². The van der Waals surface area contributed by atoms with E-state index < -0.39 is 23.4 Å². The standard InChI is InChI=1S/C16H13BrF2N2O2/c1-10(22)21(13-5-6-14(18)15(19)8-13)9-16(23)20-12-4-2-3-11(17)7-12/h2-8H,9H2,1H3,(H,20,23). The first-order valence-electron chi connectivity index (χ1n) is 6.65. The molecule has 1 N–H and O–H groups in total. The number of amides is 2. The second-order valence-electron chi connectivity index (χ2n) is 4.76. The summed E-state index contributed by atoms with van der Waals surface area (Å²) in [4.78, 5) is 24.8. The highest BCUT2D eigenvalue weighted by Crippen LogP contribution is 2.19. The molecule has 120 valence electrons. The third-order valence-corrected chi connectivity index (χ3v) is 3.50. The monoisotopic (exact) mass is 382 g/mol. The molecule has 0 heterocycles. The summed E-state index contributed by atoms with van der Waals surface area (Å²) in [7, 11) is 0. The number of carbonyl (C=O) groups is 2. The Balaban J connectivity index is 2.14. The van der Waals surface area contributed by atoms with Crippen LogP contribution in [0.3, 0.4) is 0 Å². The normalized spacial score (nSPS) is 10.3. The van der Waals surface area contributed by atoms with Gasteiger partial charge in [0.1, 0.15) is 6.54 Å². The van der Waals surface area contributed by atoms with E-state index in [0.717, 1.165) is 21.5 Å². The van der Waals surface area contributed by atoms with E-state index in [9.17, 15) is 18.4 Å². The van der Waals surface area contributed by atoms with Crippen LogP contribution < -0.4 is 10.2 Å². The second-order valence-corrected chi connectivity index (χ2v) is 5.68. The molecule has 0 saturated carbocycles. The summed E-state index contributed by atoms with van der Waals surface area (Å²) in [6.45, 7) is 0.931. The lowest BCUT2D eigenvalue weighted by Gasteiger charge is -2.20. The number of nitrogens with one attached hydrogen (secondary N) is 1. The number of hydrogen-bond acceptors (Lipinski definition) is 2. The molecule has 0 aliphatic rings. The van der Waals surface area contributed by atoms with Gasteiger partial charge in [0.15, 0.2) is 11.6 Å². The molecule has 0 fully saturated rings. The summed E-state index contributed by atoms with van der Waals surface area (Å²) in [6, 6.07) is 9.98. The summed E-state index contributed by atoms with van der Waals surface area (Å²) < 4.78 is 27.1.